The van der Waals surface area contributed by atoms with E-state index in [1.165, 1.54) is 12.1 Å². The Morgan fingerprint density at radius 1 is 1.65 bits per heavy atom. The second-order valence-corrected chi connectivity index (χ2v) is 6.75. The summed E-state index contributed by atoms with van der Waals surface area (Å²) >= 11 is 7.77. The van der Waals surface area contributed by atoms with Crippen molar-refractivity contribution < 1.29 is 10.0 Å². The Kier molecular flexibility index (Phi) is 4.78. The third-order valence-electron chi connectivity index (χ3n) is 3.56. The standard InChI is InChI=1S/C13H17ClN2O3S/c1-2-20-12-5-6-13(12,17)8-15-11-4-3-9(16(18)19)7-10(11)14/h3-4,7,12,15,17H,2,5-6,8H2,1H3. The predicted octanol–water partition coefficient (Wildman–Crippen LogP) is 3.31. The normalized spacial score (nSPS) is 25.1. The van der Waals surface area contributed by atoms with Gasteiger partial charge in [-0.05, 0) is 24.7 Å². The summed E-state index contributed by atoms with van der Waals surface area (Å²) in [6.45, 7) is 2.48. The van der Waals surface area contributed by atoms with Crippen LogP contribution in [0.2, 0.25) is 5.02 Å². The van der Waals surface area contributed by atoms with Crippen LogP contribution in [0.3, 0.4) is 0 Å². The molecule has 20 heavy (non-hydrogen) atoms. The number of anilines is 1. The molecule has 1 aliphatic rings. The minimum absolute atomic E-state index is 0.0395. The maximum absolute atomic E-state index is 10.6. The number of nitro groups is 1. The van der Waals surface area contributed by atoms with Gasteiger partial charge in [-0.3, -0.25) is 10.1 Å². The smallest absolute Gasteiger partial charge is 0.271 e. The van der Waals surface area contributed by atoms with Crippen molar-refractivity contribution in [2.45, 2.75) is 30.6 Å². The quantitative estimate of drug-likeness (QED) is 0.622. The van der Waals surface area contributed by atoms with Crippen LogP contribution in [0.1, 0.15) is 19.8 Å². The average molecular weight is 317 g/mol. The van der Waals surface area contributed by atoms with Crippen molar-refractivity contribution in [2.24, 2.45) is 0 Å². The van der Waals surface area contributed by atoms with E-state index in [4.69, 9.17) is 11.6 Å². The van der Waals surface area contributed by atoms with Crippen molar-refractivity contribution in [2.75, 3.05) is 17.6 Å². The molecule has 0 aliphatic heterocycles. The van der Waals surface area contributed by atoms with E-state index < -0.39 is 10.5 Å². The van der Waals surface area contributed by atoms with Gasteiger partial charge in [0.2, 0.25) is 0 Å². The average Bonchev–Trinajstić information content (AvgIpc) is 2.41. The summed E-state index contributed by atoms with van der Waals surface area (Å²) in [6, 6.07) is 4.29. The fourth-order valence-electron chi connectivity index (χ4n) is 2.25. The molecular formula is C13H17ClN2O3S. The van der Waals surface area contributed by atoms with Gasteiger partial charge in [0.15, 0.2) is 0 Å². The molecular weight excluding hydrogens is 300 g/mol. The van der Waals surface area contributed by atoms with Crippen LogP contribution in [0.4, 0.5) is 11.4 Å². The molecule has 2 N–H and O–H groups in total. The van der Waals surface area contributed by atoms with E-state index in [1.54, 1.807) is 17.8 Å². The number of halogens is 1. The first-order valence-electron chi connectivity index (χ1n) is 6.48. The van der Waals surface area contributed by atoms with Gasteiger partial charge in [0.25, 0.3) is 5.69 Å². The van der Waals surface area contributed by atoms with Crippen LogP contribution in [0, 0.1) is 10.1 Å². The fourth-order valence-corrected chi connectivity index (χ4v) is 3.69. The zero-order valence-corrected chi connectivity index (χ0v) is 12.7. The molecule has 0 heterocycles. The molecule has 2 atom stereocenters. The second-order valence-electron chi connectivity index (χ2n) is 4.86. The van der Waals surface area contributed by atoms with E-state index in [2.05, 4.69) is 12.2 Å². The molecule has 0 amide bonds. The van der Waals surface area contributed by atoms with Crippen LogP contribution in [-0.2, 0) is 0 Å². The van der Waals surface area contributed by atoms with E-state index in [0.29, 0.717) is 17.3 Å². The van der Waals surface area contributed by atoms with Crippen molar-refractivity contribution in [3.05, 3.63) is 33.3 Å². The summed E-state index contributed by atoms with van der Waals surface area (Å²) < 4.78 is 0. The summed E-state index contributed by atoms with van der Waals surface area (Å²) in [7, 11) is 0. The molecule has 5 nitrogen and oxygen atoms in total. The zero-order valence-electron chi connectivity index (χ0n) is 11.1. The van der Waals surface area contributed by atoms with Crippen molar-refractivity contribution in [1.82, 2.24) is 0 Å². The highest BCUT2D eigenvalue weighted by molar-refractivity contribution is 8.00. The van der Waals surface area contributed by atoms with Crippen LogP contribution in [0.25, 0.3) is 0 Å². The minimum atomic E-state index is -0.716. The first kappa shape index (κ1) is 15.4. The number of thioether (sulfide) groups is 1. The number of aliphatic hydroxyl groups is 1. The SMILES string of the molecule is CCSC1CCC1(O)CNc1ccc([N+](=O)[O-])cc1Cl. The number of nitro benzene ring substituents is 1. The van der Waals surface area contributed by atoms with Crippen LogP contribution in [0.5, 0.6) is 0 Å². The molecule has 1 aliphatic carbocycles. The number of nitrogens with zero attached hydrogens (tertiary/aromatic N) is 1. The number of rotatable bonds is 6. The Hall–Kier alpha value is -0.980. The van der Waals surface area contributed by atoms with Crippen molar-refractivity contribution in [1.29, 1.82) is 0 Å². The van der Waals surface area contributed by atoms with Gasteiger partial charge in [0, 0.05) is 23.9 Å². The zero-order chi connectivity index (χ0) is 14.8. The Morgan fingerprint density at radius 2 is 2.40 bits per heavy atom. The number of hydrogen-bond donors (Lipinski definition) is 2. The number of non-ortho nitro benzene ring substituents is 1. The summed E-state index contributed by atoms with van der Waals surface area (Å²) in [5.74, 6) is 0.977. The summed E-state index contributed by atoms with van der Waals surface area (Å²) in [5, 5.41) is 24.7. The molecule has 110 valence electrons. The largest absolute Gasteiger partial charge is 0.387 e. The Bertz CT molecular complexity index is 514. The van der Waals surface area contributed by atoms with Crippen molar-refractivity contribution in [3.63, 3.8) is 0 Å². The number of benzene rings is 1. The first-order valence-corrected chi connectivity index (χ1v) is 7.91. The van der Waals surface area contributed by atoms with Gasteiger partial charge >= 0.3 is 0 Å². The molecule has 0 bridgehead atoms. The van der Waals surface area contributed by atoms with Crippen LogP contribution >= 0.6 is 23.4 Å². The Morgan fingerprint density at radius 3 is 2.90 bits per heavy atom. The fraction of sp³-hybridized carbons (Fsp3) is 0.538. The third kappa shape index (κ3) is 3.19. The highest BCUT2D eigenvalue weighted by Gasteiger charge is 2.44. The lowest BCUT2D eigenvalue weighted by Gasteiger charge is -2.45. The Labute approximate surface area is 126 Å². The minimum Gasteiger partial charge on any atom is -0.387 e. The highest BCUT2D eigenvalue weighted by atomic mass is 35.5. The van der Waals surface area contributed by atoms with Crippen LogP contribution in [-0.4, -0.2) is 33.2 Å². The van der Waals surface area contributed by atoms with Crippen molar-refractivity contribution >= 4 is 34.7 Å². The molecule has 2 unspecified atom stereocenters. The Balaban J connectivity index is 1.99. The molecule has 1 fully saturated rings. The molecule has 2 rings (SSSR count). The monoisotopic (exact) mass is 316 g/mol. The molecule has 1 aromatic carbocycles. The van der Waals surface area contributed by atoms with Gasteiger partial charge in [-0.1, -0.05) is 18.5 Å². The molecule has 0 saturated heterocycles. The lowest BCUT2D eigenvalue weighted by molar-refractivity contribution is -0.384. The molecule has 1 saturated carbocycles. The lowest BCUT2D eigenvalue weighted by atomic mass is 9.79. The van der Waals surface area contributed by atoms with Gasteiger partial charge in [-0.2, -0.15) is 11.8 Å². The highest BCUT2D eigenvalue weighted by Crippen LogP contribution is 2.41. The predicted molar refractivity (Wildman–Crippen MR) is 82.7 cm³/mol. The molecule has 7 heteroatoms. The number of hydrogen-bond acceptors (Lipinski definition) is 5. The van der Waals surface area contributed by atoms with E-state index in [-0.39, 0.29) is 10.9 Å². The lowest BCUT2D eigenvalue weighted by Crippen LogP contribution is -2.54. The van der Waals surface area contributed by atoms with Gasteiger partial charge in [-0.15, -0.1) is 0 Å². The first-order chi connectivity index (χ1) is 9.46. The van der Waals surface area contributed by atoms with Gasteiger partial charge < -0.3 is 10.4 Å². The van der Waals surface area contributed by atoms with Crippen molar-refractivity contribution in [3.8, 4) is 0 Å². The van der Waals surface area contributed by atoms with E-state index in [0.717, 1.165) is 18.6 Å². The van der Waals surface area contributed by atoms with Gasteiger partial charge in [-0.25, -0.2) is 0 Å². The maximum Gasteiger partial charge on any atom is 0.271 e. The summed E-state index contributed by atoms with van der Waals surface area (Å²) in [6.07, 6.45) is 1.78. The van der Waals surface area contributed by atoms with Crippen LogP contribution in [0.15, 0.2) is 18.2 Å². The van der Waals surface area contributed by atoms with Crippen LogP contribution < -0.4 is 5.32 Å². The molecule has 1 aromatic rings. The summed E-state index contributed by atoms with van der Waals surface area (Å²) in [5.41, 5.74) is -0.147. The second kappa shape index (κ2) is 6.20. The van der Waals surface area contributed by atoms with E-state index in [1.807, 2.05) is 0 Å². The van der Waals surface area contributed by atoms with Gasteiger partial charge in [0.1, 0.15) is 0 Å². The maximum atomic E-state index is 10.6. The molecule has 0 radical (unpaired) electrons. The van der Waals surface area contributed by atoms with E-state index in [9.17, 15) is 15.2 Å². The van der Waals surface area contributed by atoms with E-state index >= 15 is 0 Å². The molecule has 0 spiro atoms. The molecule has 0 aromatic heterocycles. The third-order valence-corrected chi connectivity index (χ3v) is 5.28. The summed E-state index contributed by atoms with van der Waals surface area (Å²) in [4.78, 5) is 10.2. The van der Waals surface area contributed by atoms with Gasteiger partial charge in [0.05, 0.1) is 21.2 Å². The topological polar surface area (TPSA) is 75.4 Å². The number of nitrogens with one attached hydrogen (secondary N) is 1.